The SMILES string of the molecule is CCn1cc(-c2ccc(Cl)cc2CNC2CC2)c(C)n1. The van der Waals surface area contributed by atoms with Crippen LogP contribution in [0.5, 0.6) is 0 Å². The third-order valence-corrected chi connectivity index (χ3v) is 4.02. The maximum atomic E-state index is 6.16. The average molecular weight is 290 g/mol. The molecule has 1 aromatic heterocycles. The van der Waals surface area contributed by atoms with Gasteiger partial charge in [0.2, 0.25) is 0 Å². The molecule has 1 saturated carbocycles. The first-order chi connectivity index (χ1) is 9.67. The van der Waals surface area contributed by atoms with Crippen LogP contribution in [-0.4, -0.2) is 15.8 Å². The predicted molar refractivity (Wildman–Crippen MR) is 82.9 cm³/mol. The highest BCUT2D eigenvalue weighted by Gasteiger charge is 2.21. The number of aromatic nitrogens is 2. The third kappa shape index (κ3) is 2.89. The van der Waals surface area contributed by atoms with E-state index in [1.54, 1.807) is 0 Å². The number of hydrogen-bond donors (Lipinski definition) is 1. The lowest BCUT2D eigenvalue weighted by molar-refractivity contribution is 0.653. The van der Waals surface area contributed by atoms with E-state index in [0.29, 0.717) is 6.04 Å². The minimum absolute atomic E-state index is 0.696. The molecule has 0 radical (unpaired) electrons. The minimum Gasteiger partial charge on any atom is -0.310 e. The average Bonchev–Trinajstić information content (AvgIpc) is 3.19. The molecular formula is C16H20ClN3. The quantitative estimate of drug-likeness (QED) is 0.908. The van der Waals surface area contributed by atoms with Gasteiger partial charge < -0.3 is 5.32 Å². The molecule has 0 aliphatic heterocycles. The first-order valence-corrected chi connectivity index (χ1v) is 7.61. The fourth-order valence-electron chi connectivity index (χ4n) is 2.46. The topological polar surface area (TPSA) is 29.9 Å². The molecule has 0 saturated heterocycles. The van der Waals surface area contributed by atoms with Crippen LogP contribution in [0.2, 0.25) is 5.02 Å². The molecule has 3 rings (SSSR count). The van der Waals surface area contributed by atoms with Crippen LogP contribution in [0.4, 0.5) is 0 Å². The highest BCUT2D eigenvalue weighted by molar-refractivity contribution is 6.30. The molecule has 4 heteroatoms. The Labute approximate surface area is 124 Å². The van der Waals surface area contributed by atoms with Gasteiger partial charge in [0.1, 0.15) is 0 Å². The van der Waals surface area contributed by atoms with Gasteiger partial charge in [0, 0.05) is 35.9 Å². The molecule has 1 heterocycles. The Morgan fingerprint density at radius 2 is 2.15 bits per heavy atom. The third-order valence-electron chi connectivity index (χ3n) is 3.79. The van der Waals surface area contributed by atoms with E-state index in [-0.39, 0.29) is 0 Å². The van der Waals surface area contributed by atoms with Crippen molar-refractivity contribution >= 4 is 11.6 Å². The van der Waals surface area contributed by atoms with Crippen LogP contribution in [0.15, 0.2) is 24.4 Å². The predicted octanol–water partition coefficient (Wildman–Crippen LogP) is 3.78. The first kappa shape index (κ1) is 13.7. The molecular weight excluding hydrogens is 270 g/mol. The van der Waals surface area contributed by atoms with E-state index in [4.69, 9.17) is 11.6 Å². The number of halogens is 1. The van der Waals surface area contributed by atoms with Gasteiger partial charge in [-0.25, -0.2) is 0 Å². The van der Waals surface area contributed by atoms with Crippen LogP contribution in [-0.2, 0) is 13.1 Å². The van der Waals surface area contributed by atoms with E-state index in [1.165, 1.54) is 29.5 Å². The zero-order chi connectivity index (χ0) is 14.1. The highest BCUT2D eigenvalue weighted by Crippen LogP contribution is 2.29. The van der Waals surface area contributed by atoms with Crippen molar-refractivity contribution in [3.8, 4) is 11.1 Å². The maximum Gasteiger partial charge on any atom is 0.0672 e. The standard InChI is InChI=1S/C16H20ClN3/c1-3-20-10-16(11(2)19-20)15-7-4-13(17)8-12(15)9-18-14-5-6-14/h4,7-8,10,14,18H,3,5-6,9H2,1-2H3. The van der Waals surface area contributed by atoms with Crippen molar-refractivity contribution in [2.45, 2.75) is 45.8 Å². The van der Waals surface area contributed by atoms with Crippen LogP contribution >= 0.6 is 11.6 Å². The second-order valence-electron chi connectivity index (χ2n) is 5.44. The number of nitrogens with zero attached hydrogens (tertiary/aromatic N) is 2. The van der Waals surface area contributed by atoms with E-state index >= 15 is 0 Å². The fraction of sp³-hybridized carbons (Fsp3) is 0.438. The van der Waals surface area contributed by atoms with E-state index in [9.17, 15) is 0 Å². The lowest BCUT2D eigenvalue weighted by Crippen LogP contribution is -2.15. The molecule has 2 aromatic rings. The van der Waals surface area contributed by atoms with Gasteiger partial charge in [-0.15, -0.1) is 0 Å². The number of rotatable bonds is 5. The molecule has 3 nitrogen and oxygen atoms in total. The van der Waals surface area contributed by atoms with Gasteiger partial charge >= 0.3 is 0 Å². The summed E-state index contributed by atoms with van der Waals surface area (Å²) in [5, 5.41) is 8.90. The maximum absolute atomic E-state index is 6.16. The van der Waals surface area contributed by atoms with Gasteiger partial charge in [-0.05, 0) is 49.9 Å². The van der Waals surface area contributed by atoms with E-state index < -0.39 is 0 Å². The zero-order valence-corrected chi connectivity index (χ0v) is 12.7. The van der Waals surface area contributed by atoms with Crippen molar-refractivity contribution in [3.63, 3.8) is 0 Å². The smallest absolute Gasteiger partial charge is 0.0672 e. The Kier molecular flexibility index (Phi) is 3.81. The molecule has 1 N–H and O–H groups in total. The molecule has 1 aliphatic carbocycles. The number of hydrogen-bond acceptors (Lipinski definition) is 2. The van der Waals surface area contributed by atoms with Gasteiger partial charge in [-0.3, -0.25) is 4.68 Å². The van der Waals surface area contributed by atoms with Crippen LogP contribution in [0.3, 0.4) is 0 Å². The lowest BCUT2D eigenvalue weighted by atomic mass is 10.0. The van der Waals surface area contributed by atoms with Crippen LogP contribution in [0.25, 0.3) is 11.1 Å². The Balaban J connectivity index is 1.95. The molecule has 1 fully saturated rings. The van der Waals surface area contributed by atoms with Crippen LogP contribution < -0.4 is 5.32 Å². The molecule has 0 atom stereocenters. The van der Waals surface area contributed by atoms with E-state index in [2.05, 4.69) is 42.6 Å². The normalized spacial score (nSPS) is 14.8. The summed E-state index contributed by atoms with van der Waals surface area (Å²) in [6.45, 7) is 5.93. The van der Waals surface area contributed by atoms with Crippen molar-refractivity contribution < 1.29 is 0 Å². The summed E-state index contributed by atoms with van der Waals surface area (Å²) in [6.07, 6.45) is 4.71. The number of benzene rings is 1. The molecule has 1 aliphatic rings. The second-order valence-corrected chi connectivity index (χ2v) is 5.88. The molecule has 0 bridgehead atoms. The Hall–Kier alpha value is -1.32. The van der Waals surface area contributed by atoms with Gasteiger partial charge in [0.05, 0.1) is 5.69 Å². The number of aryl methyl sites for hydroxylation is 2. The number of nitrogens with one attached hydrogen (secondary N) is 1. The second kappa shape index (κ2) is 5.58. The zero-order valence-electron chi connectivity index (χ0n) is 12.0. The van der Waals surface area contributed by atoms with Crippen molar-refractivity contribution in [2.75, 3.05) is 0 Å². The van der Waals surface area contributed by atoms with Gasteiger partial charge in [-0.2, -0.15) is 5.10 Å². The summed E-state index contributed by atoms with van der Waals surface area (Å²) >= 11 is 6.16. The molecule has 0 amide bonds. The molecule has 106 valence electrons. The highest BCUT2D eigenvalue weighted by atomic mass is 35.5. The molecule has 0 spiro atoms. The lowest BCUT2D eigenvalue weighted by Gasteiger charge is -2.10. The summed E-state index contributed by atoms with van der Waals surface area (Å²) in [4.78, 5) is 0. The Morgan fingerprint density at radius 3 is 2.80 bits per heavy atom. The van der Waals surface area contributed by atoms with Gasteiger partial charge in [0.15, 0.2) is 0 Å². The van der Waals surface area contributed by atoms with Crippen LogP contribution in [0, 0.1) is 6.92 Å². The Morgan fingerprint density at radius 1 is 1.35 bits per heavy atom. The summed E-state index contributed by atoms with van der Waals surface area (Å²) in [7, 11) is 0. The van der Waals surface area contributed by atoms with Crippen molar-refractivity contribution in [3.05, 3.63) is 40.7 Å². The monoisotopic (exact) mass is 289 g/mol. The largest absolute Gasteiger partial charge is 0.310 e. The van der Waals surface area contributed by atoms with Crippen molar-refractivity contribution in [1.82, 2.24) is 15.1 Å². The first-order valence-electron chi connectivity index (χ1n) is 7.23. The van der Waals surface area contributed by atoms with Gasteiger partial charge in [0.25, 0.3) is 0 Å². The van der Waals surface area contributed by atoms with Crippen molar-refractivity contribution in [1.29, 1.82) is 0 Å². The molecule has 20 heavy (non-hydrogen) atoms. The summed E-state index contributed by atoms with van der Waals surface area (Å²) in [6, 6.07) is 6.83. The van der Waals surface area contributed by atoms with Gasteiger partial charge in [-0.1, -0.05) is 17.7 Å². The molecule has 0 unspecified atom stereocenters. The summed E-state index contributed by atoms with van der Waals surface area (Å²) < 4.78 is 1.98. The Bertz CT molecular complexity index is 614. The summed E-state index contributed by atoms with van der Waals surface area (Å²) in [5.41, 5.74) is 4.76. The van der Waals surface area contributed by atoms with E-state index in [1.807, 2.05) is 10.7 Å². The fourth-order valence-corrected chi connectivity index (χ4v) is 2.65. The summed E-state index contributed by atoms with van der Waals surface area (Å²) in [5.74, 6) is 0. The van der Waals surface area contributed by atoms with Crippen molar-refractivity contribution in [2.24, 2.45) is 0 Å². The van der Waals surface area contributed by atoms with E-state index in [0.717, 1.165) is 23.8 Å². The van der Waals surface area contributed by atoms with Crippen LogP contribution in [0.1, 0.15) is 31.0 Å². The molecule has 1 aromatic carbocycles. The minimum atomic E-state index is 0.696.